The van der Waals surface area contributed by atoms with E-state index in [9.17, 15) is 4.79 Å². The molecule has 0 spiro atoms. The Morgan fingerprint density at radius 1 is 1.54 bits per heavy atom. The van der Waals surface area contributed by atoms with Gasteiger partial charge in [0.05, 0.1) is 7.11 Å². The lowest BCUT2D eigenvalue weighted by Crippen LogP contribution is -2.23. The highest BCUT2D eigenvalue weighted by molar-refractivity contribution is 5.06. The predicted molar refractivity (Wildman–Crippen MR) is 46.8 cm³/mol. The summed E-state index contributed by atoms with van der Waals surface area (Å²) in [7, 11) is 2.97. The van der Waals surface area contributed by atoms with Crippen molar-refractivity contribution in [1.29, 1.82) is 0 Å². The van der Waals surface area contributed by atoms with Crippen LogP contribution in [0.4, 0.5) is 0 Å². The van der Waals surface area contributed by atoms with E-state index in [1.54, 1.807) is 6.92 Å². The van der Waals surface area contributed by atoms with Gasteiger partial charge in [-0.05, 0) is 6.92 Å². The van der Waals surface area contributed by atoms with Gasteiger partial charge in [-0.2, -0.15) is 0 Å². The van der Waals surface area contributed by atoms with Gasteiger partial charge in [-0.3, -0.25) is 4.79 Å². The highest BCUT2D eigenvalue weighted by atomic mass is 16.5. The summed E-state index contributed by atoms with van der Waals surface area (Å²) in [6.45, 7) is 1.89. The minimum absolute atomic E-state index is 0.148. The van der Waals surface area contributed by atoms with Gasteiger partial charge in [0.15, 0.2) is 0 Å². The summed E-state index contributed by atoms with van der Waals surface area (Å²) >= 11 is 0. The monoisotopic (exact) mass is 184 g/mol. The SMILES string of the molecule is COCn1c(OC)nc(C)cc1=O. The molecule has 72 valence electrons. The van der Waals surface area contributed by atoms with Gasteiger partial charge in [-0.1, -0.05) is 0 Å². The van der Waals surface area contributed by atoms with E-state index in [0.29, 0.717) is 5.69 Å². The normalized spacial score (nSPS) is 10.1. The number of nitrogens with zero attached hydrogens (tertiary/aromatic N) is 2. The summed E-state index contributed by atoms with van der Waals surface area (Å²) in [5, 5.41) is 0. The van der Waals surface area contributed by atoms with Gasteiger partial charge in [-0.15, -0.1) is 0 Å². The topological polar surface area (TPSA) is 53.4 Å². The minimum Gasteiger partial charge on any atom is -0.468 e. The molecule has 13 heavy (non-hydrogen) atoms. The lowest BCUT2D eigenvalue weighted by molar-refractivity contribution is 0.117. The summed E-state index contributed by atoms with van der Waals surface area (Å²) in [4.78, 5) is 15.4. The summed E-state index contributed by atoms with van der Waals surface area (Å²) in [6.07, 6.45) is 0. The number of hydrogen-bond donors (Lipinski definition) is 0. The van der Waals surface area contributed by atoms with Crippen LogP contribution in [-0.2, 0) is 11.5 Å². The zero-order valence-corrected chi connectivity index (χ0v) is 7.90. The molecule has 0 fully saturated rings. The van der Waals surface area contributed by atoms with Crippen molar-refractivity contribution in [3.05, 3.63) is 22.1 Å². The van der Waals surface area contributed by atoms with E-state index >= 15 is 0 Å². The molecule has 0 N–H and O–H groups in total. The van der Waals surface area contributed by atoms with Gasteiger partial charge in [-0.25, -0.2) is 9.55 Å². The Morgan fingerprint density at radius 3 is 2.77 bits per heavy atom. The third-order valence-electron chi connectivity index (χ3n) is 1.54. The second-order valence-corrected chi connectivity index (χ2v) is 2.57. The van der Waals surface area contributed by atoms with Crippen molar-refractivity contribution in [2.45, 2.75) is 13.7 Å². The third kappa shape index (κ3) is 2.06. The quantitative estimate of drug-likeness (QED) is 0.671. The number of aromatic nitrogens is 2. The van der Waals surface area contributed by atoms with E-state index in [1.807, 2.05) is 0 Å². The molecule has 5 heteroatoms. The van der Waals surface area contributed by atoms with Crippen molar-refractivity contribution in [2.24, 2.45) is 0 Å². The van der Waals surface area contributed by atoms with E-state index in [1.165, 1.54) is 24.9 Å². The first-order valence-electron chi connectivity index (χ1n) is 3.80. The summed E-state index contributed by atoms with van der Waals surface area (Å²) in [5.41, 5.74) is 0.459. The molecule has 1 rings (SSSR count). The first kappa shape index (κ1) is 9.73. The van der Waals surface area contributed by atoms with Crippen LogP contribution in [0.1, 0.15) is 5.69 Å². The van der Waals surface area contributed by atoms with Gasteiger partial charge in [0.25, 0.3) is 5.56 Å². The second kappa shape index (κ2) is 4.04. The minimum atomic E-state index is -0.175. The number of methoxy groups -OCH3 is 2. The van der Waals surface area contributed by atoms with Crippen LogP contribution in [0.15, 0.2) is 10.9 Å². The molecule has 0 amide bonds. The average Bonchev–Trinajstić information content (AvgIpc) is 2.09. The van der Waals surface area contributed by atoms with E-state index in [0.717, 1.165) is 0 Å². The van der Waals surface area contributed by atoms with E-state index < -0.39 is 0 Å². The van der Waals surface area contributed by atoms with E-state index in [4.69, 9.17) is 9.47 Å². The molecular weight excluding hydrogens is 172 g/mol. The highest BCUT2D eigenvalue weighted by Crippen LogP contribution is 2.03. The van der Waals surface area contributed by atoms with E-state index in [2.05, 4.69) is 4.98 Å². The molecule has 1 aromatic rings. The van der Waals surface area contributed by atoms with Crippen LogP contribution in [0.3, 0.4) is 0 Å². The average molecular weight is 184 g/mol. The van der Waals surface area contributed by atoms with Crippen molar-refractivity contribution < 1.29 is 9.47 Å². The molecule has 0 bridgehead atoms. The van der Waals surface area contributed by atoms with Gasteiger partial charge >= 0.3 is 6.01 Å². The molecule has 0 unspecified atom stereocenters. The Bertz CT molecular complexity index is 346. The van der Waals surface area contributed by atoms with Gasteiger partial charge in [0.2, 0.25) is 0 Å². The standard InChI is InChI=1S/C8H12N2O3/c1-6-4-7(11)10(5-12-2)8(9-6)13-3/h4H,5H2,1-3H3. The summed E-state index contributed by atoms with van der Waals surface area (Å²) in [5.74, 6) is 0. The van der Waals surface area contributed by atoms with Crippen molar-refractivity contribution in [2.75, 3.05) is 14.2 Å². The first-order chi connectivity index (χ1) is 6.19. The maximum atomic E-state index is 11.4. The zero-order valence-electron chi connectivity index (χ0n) is 7.90. The first-order valence-corrected chi connectivity index (χ1v) is 3.80. The van der Waals surface area contributed by atoms with Crippen molar-refractivity contribution in [3.63, 3.8) is 0 Å². The fourth-order valence-electron chi connectivity index (χ4n) is 0.998. The summed E-state index contributed by atoms with van der Waals surface area (Å²) < 4.78 is 11.1. The Hall–Kier alpha value is -1.36. The Morgan fingerprint density at radius 2 is 2.23 bits per heavy atom. The molecule has 1 aromatic heterocycles. The second-order valence-electron chi connectivity index (χ2n) is 2.57. The Kier molecular flexibility index (Phi) is 3.02. The summed E-state index contributed by atoms with van der Waals surface area (Å²) in [6, 6.07) is 1.70. The molecule has 0 radical (unpaired) electrons. The molecule has 0 aromatic carbocycles. The van der Waals surface area contributed by atoms with Crippen molar-refractivity contribution in [3.8, 4) is 6.01 Å². The van der Waals surface area contributed by atoms with Crippen molar-refractivity contribution >= 4 is 0 Å². The molecule has 0 aliphatic heterocycles. The smallest absolute Gasteiger partial charge is 0.301 e. The molecule has 0 saturated carbocycles. The van der Waals surface area contributed by atoms with E-state index in [-0.39, 0.29) is 18.3 Å². The zero-order chi connectivity index (χ0) is 9.84. The molecule has 0 aliphatic carbocycles. The van der Waals surface area contributed by atoms with Gasteiger partial charge in [0.1, 0.15) is 6.73 Å². The van der Waals surface area contributed by atoms with Crippen LogP contribution in [0.2, 0.25) is 0 Å². The van der Waals surface area contributed by atoms with Crippen LogP contribution in [0.25, 0.3) is 0 Å². The number of rotatable bonds is 3. The maximum absolute atomic E-state index is 11.4. The van der Waals surface area contributed by atoms with Crippen LogP contribution < -0.4 is 10.3 Å². The van der Waals surface area contributed by atoms with Crippen LogP contribution >= 0.6 is 0 Å². The highest BCUT2D eigenvalue weighted by Gasteiger charge is 2.05. The van der Waals surface area contributed by atoms with Crippen LogP contribution in [0.5, 0.6) is 6.01 Å². The lowest BCUT2D eigenvalue weighted by atomic mass is 10.4. The van der Waals surface area contributed by atoms with Crippen LogP contribution in [0, 0.1) is 6.92 Å². The molecule has 0 aliphatic rings. The van der Waals surface area contributed by atoms with Gasteiger partial charge in [0, 0.05) is 18.9 Å². The fraction of sp³-hybridized carbons (Fsp3) is 0.500. The molecule has 0 atom stereocenters. The number of aryl methyl sites for hydroxylation is 1. The lowest BCUT2D eigenvalue weighted by Gasteiger charge is -2.08. The van der Waals surface area contributed by atoms with Crippen LogP contribution in [-0.4, -0.2) is 23.8 Å². The molecular formula is C8H12N2O3. The fourth-order valence-corrected chi connectivity index (χ4v) is 0.998. The predicted octanol–water partition coefficient (Wildman–Crippen LogP) is 0.164. The Balaban J connectivity index is 3.22. The molecule has 1 heterocycles. The number of ether oxygens (including phenoxy) is 2. The molecule has 0 saturated heterocycles. The number of hydrogen-bond acceptors (Lipinski definition) is 4. The van der Waals surface area contributed by atoms with Gasteiger partial charge < -0.3 is 9.47 Å². The maximum Gasteiger partial charge on any atom is 0.301 e. The third-order valence-corrected chi connectivity index (χ3v) is 1.54. The molecule has 5 nitrogen and oxygen atoms in total. The van der Waals surface area contributed by atoms with Crippen molar-refractivity contribution in [1.82, 2.24) is 9.55 Å². The largest absolute Gasteiger partial charge is 0.468 e. The Labute approximate surface area is 75.9 Å².